The second kappa shape index (κ2) is 9.79. The number of hydrogen-bond donors (Lipinski definition) is 1. The number of fused-ring (bicyclic) bond motifs is 2. The predicted molar refractivity (Wildman–Crippen MR) is 148 cm³/mol. The zero-order valence-corrected chi connectivity index (χ0v) is 21.8. The van der Waals surface area contributed by atoms with Crippen LogP contribution in [0.15, 0.2) is 48.7 Å². The van der Waals surface area contributed by atoms with Crippen molar-refractivity contribution < 1.29 is 9.18 Å². The molecule has 3 heterocycles. The number of benzene rings is 2. The van der Waals surface area contributed by atoms with Gasteiger partial charge in [-0.3, -0.25) is 9.78 Å². The molecule has 38 heavy (non-hydrogen) atoms. The van der Waals surface area contributed by atoms with E-state index in [9.17, 15) is 9.18 Å². The predicted octanol–water partition coefficient (Wildman–Crippen LogP) is 7.34. The number of nitrogens with one attached hydrogen (secondary N) is 1. The molecule has 3 aliphatic rings. The van der Waals surface area contributed by atoms with Gasteiger partial charge in [0.25, 0.3) is 5.91 Å². The van der Waals surface area contributed by atoms with Crippen molar-refractivity contribution >= 4 is 27.8 Å². The zero-order valence-electron chi connectivity index (χ0n) is 21.8. The number of aromatic amines is 1. The minimum Gasteiger partial charge on any atom is -0.342 e. The lowest BCUT2D eigenvalue weighted by Gasteiger charge is -2.34. The molecule has 0 bridgehead atoms. The highest BCUT2D eigenvalue weighted by atomic mass is 19.1. The van der Waals surface area contributed by atoms with Crippen LogP contribution < -0.4 is 0 Å². The quantitative estimate of drug-likeness (QED) is 0.305. The van der Waals surface area contributed by atoms with Crippen LogP contribution in [-0.4, -0.2) is 38.8 Å². The Labute approximate surface area is 222 Å². The van der Waals surface area contributed by atoms with Crippen LogP contribution in [0.4, 0.5) is 4.39 Å². The molecular weight excluding hydrogens is 475 g/mol. The first-order valence-corrected chi connectivity index (χ1v) is 14.5. The first-order valence-electron chi connectivity index (χ1n) is 14.5. The molecule has 2 aromatic carbocycles. The van der Waals surface area contributed by atoms with Gasteiger partial charge in [0.1, 0.15) is 11.6 Å². The summed E-state index contributed by atoms with van der Waals surface area (Å²) in [6.07, 6.45) is 12.4. The molecule has 1 N–H and O–H groups in total. The Kier molecular flexibility index (Phi) is 6.13. The van der Waals surface area contributed by atoms with E-state index in [0.717, 1.165) is 84.9 Å². The molecule has 6 heteroatoms. The van der Waals surface area contributed by atoms with Gasteiger partial charge >= 0.3 is 0 Å². The highest BCUT2D eigenvalue weighted by molar-refractivity contribution is 5.97. The lowest BCUT2D eigenvalue weighted by Crippen LogP contribution is -2.35. The average Bonchev–Trinajstić information content (AvgIpc) is 3.70. The SMILES string of the molecule is O=C(c1ccc2nc([C@@H](C3CCC(c4ccnc5ccc(F)cc45)CC3)C3CC3)[nH]c2c1)N1CCCCC1. The summed E-state index contributed by atoms with van der Waals surface area (Å²) in [5, 5.41) is 0.960. The second-order valence-corrected chi connectivity index (χ2v) is 11.7. The minimum atomic E-state index is -0.195. The summed E-state index contributed by atoms with van der Waals surface area (Å²) < 4.78 is 14.0. The number of carbonyl (C=O) groups excluding carboxylic acids is 1. The Hall–Kier alpha value is -3.28. The van der Waals surface area contributed by atoms with Crippen molar-refractivity contribution in [3.8, 4) is 0 Å². The van der Waals surface area contributed by atoms with Gasteiger partial charge in [-0.15, -0.1) is 0 Å². The maximum absolute atomic E-state index is 14.0. The van der Waals surface area contributed by atoms with Gasteiger partial charge in [-0.1, -0.05) is 0 Å². The summed E-state index contributed by atoms with van der Waals surface area (Å²) in [4.78, 5) is 28.2. The van der Waals surface area contributed by atoms with Crippen LogP contribution in [0.3, 0.4) is 0 Å². The van der Waals surface area contributed by atoms with E-state index in [1.165, 1.54) is 30.9 Å². The van der Waals surface area contributed by atoms with Crippen molar-refractivity contribution in [2.75, 3.05) is 13.1 Å². The van der Waals surface area contributed by atoms with Crippen molar-refractivity contribution in [3.05, 3.63) is 71.4 Å². The van der Waals surface area contributed by atoms with E-state index in [-0.39, 0.29) is 11.7 Å². The number of halogens is 1. The Morgan fingerprint density at radius 3 is 2.39 bits per heavy atom. The summed E-state index contributed by atoms with van der Waals surface area (Å²) in [7, 11) is 0. The van der Waals surface area contributed by atoms with E-state index in [1.807, 2.05) is 29.3 Å². The van der Waals surface area contributed by atoms with Gasteiger partial charge in [-0.2, -0.15) is 0 Å². The third-order valence-corrected chi connectivity index (χ3v) is 9.29. The highest BCUT2D eigenvalue weighted by Crippen LogP contribution is 2.52. The van der Waals surface area contributed by atoms with Gasteiger partial charge in [0.15, 0.2) is 0 Å². The number of nitrogens with zero attached hydrogens (tertiary/aromatic N) is 3. The maximum Gasteiger partial charge on any atom is 0.253 e. The molecule has 1 saturated heterocycles. The number of carbonyl (C=O) groups is 1. The topological polar surface area (TPSA) is 61.9 Å². The molecule has 3 fully saturated rings. The molecule has 0 spiro atoms. The van der Waals surface area contributed by atoms with Crippen LogP contribution in [0.1, 0.15) is 91.4 Å². The molecular formula is C32H35FN4O. The highest BCUT2D eigenvalue weighted by Gasteiger charge is 2.41. The molecule has 0 radical (unpaired) electrons. The Morgan fingerprint density at radius 2 is 1.63 bits per heavy atom. The Morgan fingerprint density at radius 1 is 0.895 bits per heavy atom. The van der Waals surface area contributed by atoms with Crippen molar-refractivity contribution in [3.63, 3.8) is 0 Å². The van der Waals surface area contributed by atoms with Crippen LogP contribution in [0, 0.1) is 17.7 Å². The summed E-state index contributed by atoms with van der Waals surface area (Å²) in [6, 6.07) is 13.0. The molecule has 2 aromatic heterocycles. The third-order valence-electron chi connectivity index (χ3n) is 9.29. The summed E-state index contributed by atoms with van der Waals surface area (Å²) in [5.41, 5.74) is 4.82. The number of aromatic nitrogens is 3. The molecule has 1 atom stereocenters. The van der Waals surface area contributed by atoms with E-state index in [4.69, 9.17) is 4.98 Å². The second-order valence-electron chi connectivity index (χ2n) is 11.7. The first-order chi connectivity index (χ1) is 18.6. The fraction of sp³-hybridized carbons (Fsp3) is 0.469. The third kappa shape index (κ3) is 4.48. The lowest BCUT2D eigenvalue weighted by molar-refractivity contribution is 0.0724. The van der Waals surface area contributed by atoms with Crippen molar-refractivity contribution in [2.24, 2.45) is 11.8 Å². The van der Waals surface area contributed by atoms with Crippen LogP contribution in [0.25, 0.3) is 21.9 Å². The van der Waals surface area contributed by atoms with Crippen LogP contribution in [-0.2, 0) is 0 Å². The van der Waals surface area contributed by atoms with Gasteiger partial charge < -0.3 is 9.88 Å². The van der Waals surface area contributed by atoms with Gasteiger partial charge in [0, 0.05) is 36.2 Å². The van der Waals surface area contributed by atoms with Crippen molar-refractivity contribution in [2.45, 2.75) is 69.6 Å². The normalized spacial score (nSPS) is 23.1. The van der Waals surface area contributed by atoms with Gasteiger partial charge in [-0.05, 0) is 124 Å². The largest absolute Gasteiger partial charge is 0.342 e. The number of hydrogen-bond acceptors (Lipinski definition) is 3. The number of piperidine rings is 1. The van der Waals surface area contributed by atoms with Crippen LogP contribution >= 0.6 is 0 Å². The molecule has 2 aliphatic carbocycles. The minimum absolute atomic E-state index is 0.142. The van der Waals surface area contributed by atoms with Crippen molar-refractivity contribution in [1.82, 2.24) is 19.9 Å². The van der Waals surface area contributed by atoms with E-state index in [0.29, 0.717) is 23.7 Å². The number of likely N-dealkylation sites (tertiary alicyclic amines) is 1. The summed E-state index contributed by atoms with van der Waals surface area (Å²) >= 11 is 0. The standard InChI is InChI=1S/C32H35FN4O/c33-24-11-13-27-26(19-24)25(14-15-34-27)20-4-6-21(7-5-20)30(22-8-9-22)31-35-28-12-10-23(18-29(28)36-31)32(38)37-16-2-1-3-17-37/h10-15,18-22,30H,1-9,16-17H2,(H,35,36)/t20?,21?,30-/m0/s1. The van der Waals surface area contributed by atoms with E-state index < -0.39 is 0 Å². The van der Waals surface area contributed by atoms with Gasteiger partial charge in [0.2, 0.25) is 0 Å². The van der Waals surface area contributed by atoms with Crippen molar-refractivity contribution in [1.29, 1.82) is 0 Å². The van der Waals surface area contributed by atoms with Gasteiger partial charge in [0.05, 0.1) is 16.6 Å². The molecule has 7 rings (SSSR count). The number of imidazole rings is 1. The fourth-order valence-electron chi connectivity index (χ4n) is 7.17. The number of rotatable bonds is 5. The number of pyridine rings is 1. The monoisotopic (exact) mass is 510 g/mol. The molecule has 5 nitrogen and oxygen atoms in total. The smallest absolute Gasteiger partial charge is 0.253 e. The number of amides is 1. The fourth-order valence-corrected chi connectivity index (χ4v) is 7.17. The van der Waals surface area contributed by atoms with Crippen LogP contribution in [0.5, 0.6) is 0 Å². The molecule has 2 saturated carbocycles. The molecule has 1 amide bonds. The summed E-state index contributed by atoms with van der Waals surface area (Å²) in [6.45, 7) is 1.73. The van der Waals surface area contributed by atoms with E-state index in [1.54, 1.807) is 12.1 Å². The molecule has 0 unspecified atom stereocenters. The first kappa shape index (κ1) is 23.8. The maximum atomic E-state index is 14.0. The lowest BCUT2D eigenvalue weighted by atomic mass is 9.72. The van der Waals surface area contributed by atoms with Crippen LogP contribution in [0.2, 0.25) is 0 Å². The molecule has 4 aromatic rings. The summed E-state index contributed by atoms with van der Waals surface area (Å²) in [5.74, 6) is 3.22. The molecule has 1 aliphatic heterocycles. The average molecular weight is 511 g/mol. The molecule has 196 valence electrons. The van der Waals surface area contributed by atoms with E-state index in [2.05, 4.69) is 16.0 Å². The van der Waals surface area contributed by atoms with E-state index >= 15 is 0 Å². The Balaban J connectivity index is 1.10. The van der Waals surface area contributed by atoms with Gasteiger partial charge in [-0.25, -0.2) is 9.37 Å². The zero-order chi connectivity index (χ0) is 25.6. The number of H-pyrrole nitrogens is 1. The Bertz CT molecular complexity index is 1480.